The lowest BCUT2D eigenvalue weighted by molar-refractivity contribution is -0.140. The first kappa shape index (κ1) is 17.5. The molecule has 118 valence electrons. The predicted molar refractivity (Wildman–Crippen MR) is 72.2 cm³/mol. The second-order valence-corrected chi connectivity index (χ2v) is 5.82. The van der Waals surface area contributed by atoms with E-state index in [1.165, 1.54) is 0 Å². The van der Waals surface area contributed by atoms with Gasteiger partial charge in [-0.2, -0.15) is 0 Å². The summed E-state index contributed by atoms with van der Waals surface area (Å²) in [6, 6.07) is 0. The van der Waals surface area contributed by atoms with Crippen molar-refractivity contribution in [3.63, 3.8) is 0 Å². The normalized spacial score (nSPS) is 30.6. The minimum Gasteiger partial charge on any atom is -0.396 e. The molecule has 0 spiro atoms. The van der Waals surface area contributed by atoms with Crippen molar-refractivity contribution in [2.24, 2.45) is 0 Å². The lowest BCUT2D eigenvalue weighted by Crippen LogP contribution is -2.21. The van der Waals surface area contributed by atoms with Gasteiger partial charge in [-0.15, -0.1) is 0 Å². The number of carbonyl (C=O) groups is 1. The zero-order valence-corrected chi connectivity index (χ0v) is 12.8. The highest BCUT2D eigenvalue weighted by atomic mass is 16.7. The fraction of sp³-hybridized carbons (Fsp3) is 0.929. The Balaban J connectivity index is 0.000000200. The standard InChI is InChI=1S/C7H14O3.C7H12O3/c2*1-7(2)9-5-6(10-7)3-4-8/h6,8H,3-5H2,1-2H3;4,6H,3,5H2,1-2H3/t2*6-/m00/s1. The molecule has 2 saturated heterocycles. The zero-order chi connectivity index (χ0) is 15.2. The van der Waals surface area contributed by atoms with Gasteiger partial charge < -0.3 is 28.8 Å². The van der Waals surface area contributed by atoms with Crippen molar-refractivity contribution in [1.82, 2.24) is 0 Å². The van der Waals surface area contributed by atoms with Crippen LogP contribution in [0.4, 0.5) is 0 Å². The molecule has 0 aromatic carbocycles. The third kappa shape index (κ3) is 6.28. The molecule has 0 aliphatic carbocycles. The van der Waals surface area contributed by atoms with E-state index in [9.17, 15) is 4.79 Å². The van der Waals surface area contributed by atoms with E-state index in [1.54, 1.807) is 0 Å². The molecule has 2 fully saturated rings. The SMILES string of the molecule is CC1(C)OC[C@H](CC=O)O1.CC1(C)OC[C@H](CCO)O1. The van der Waals surface area contributed by atoms with Crippen LogP contribution in [0.2, 0.25) is 0 Å². The number of aliphatic hydroxyl groups is 1. The van der Waals surface area contributed by atoms with Crippen LogP contribution >= 0.6 is 0 Å². The minimum atomic E-state index is -0.492. The minimum absolute atomic E-state index is 0.0347. The summed E-state index contributed by atoms with van der Waals surface area (Å²) in [6.07, 6.45) is 2.01. The molecule has 2 aliphatic rings. The molecule has 0 amide bonds. The number of hydrogen-bond donors (Lipinski definition) is 1. The number of ether oxygens (including phenoxy) is 4. The van der Waals surface area contributed by atoms with Crippen LogP contribution in [0.5, 0.6) is 0 Å². The van der Waals surface area contributed by atoms with Crippen LogP contribution < -0.4 is 0 Å². The molecule has 0 unspecified atom stereocenters. The van der Waals surface area contributed by atoms with E-state index >= 15 is 0 Å². The van der Waals surface area contributed by atoms with Crippen molar-refractivity contribution in [2.45, 2.75) is 64.3 Å². The van der Waals surface area contributed by atoms with Gasteiger partial charge >= 0.3 is 0 Å². The molecular weight excluding hydrogens is 264 g/mol. The van der Waals surface area contributed by atoms with Gasteiger partial charge in [0.15, 0.2) is 11.6 Å². The maximum absolute atomic E-state index is 10.0. The van der Waals surface area contributed by atoms with Crippen LogP contribution in [0.3, 0.4) is 0 Å². The quantitative estimate of drug-likeness (QED) is 0.785. The van der Waals surface area contributed by atoms with E-state index in [0.717, 1.165) is 6.29 Å². The highest BCUT2D eigenvalue weighted by Gasteiger charge is 2.32. The number of carbonyl (C=O) groups excluding carboxylic acids is 1. The summed E-state index contributed by atoms with van der Waals surface area (Å²) < 4.78 is 21.2. The summed E-state index contributed by atoms with van der Waals surface area (Å²) in [7, 11) is 0. The Morgan fingerprint density at radius 1 is 1.05 bits per heavy atom. The van der Waals surface area contributed by atoms with Crippen molar-refractivity contribution in [3.05, 3.63) is 0 Å². The van der Waals surface area contributed by atoms with Gasteiger partial charge in [0, 0.05) is 13.0 Å². The Kier molecular flexibility index (Phi) is 6.54. The first-order valence-corrected chi connectivity index (χ1v) is 6.96. The molecule has 0 bridgehead atoms. The van der Waals surface area contributed by atoms with Crippen molar-refractivity contribution in [1.29, 1.82) is 0 Å². The second-order valence-electron chi connectivity index (χ2n) is 5.82. The van der Waals surface area contributed by atoms with E-state index in [2.05, 4.69) is 0 Å². The Labute approximate surface area is 120 Å². The predicted octanol–water partition coefficient (Wildman–Crippen LogP) is 1.25. The molecule has 1 N–H and O–H groups in total. The van der Waals surface area contributed by atoms with Crippen molar-refractivity contribution in [3.8, 4) is 0 Å². The number of aldehydes is 1. The summed E-state index contributed by atoms with van der Waals surface area (Å²) in [5, 5.41) is 8.56. The molecule has 2 aliphatic heterocycles. The molecule has 0 radical (unpaired) electrons. The fourth-order valence-corrected chi connectivity index (χ4v) is 2.04. The molecule has 6 heteroatoms. The average molecular weight is 290 g/mol. The monoisotopic (exact) mass is 290 g/mol. The molecule has 2 atom stereocenters. The van der Waals surface area contributed by atoms with E-state index < -0.39 is 11.6 Å². The summed E-state index contributed by atoms with van der Waals surface area (Å²) in [5.41, 5.74) is 0. The molecular formula is C14H26O6. The van der Waals surface area contributed by atoms with Crippen molar-refractivity contribution in [2.75, 3.05) is 19.8 Å². The van der Waals surface area contributed by atoms with E-state index in [0.29, 0.717) is 26.1 Å². The Morgan fingerprint density at radius 3 is 1.90 bits per heavy atom. The number of rotatable bonds is 4. The number of aliphatic hydroxyl groups excluding tert-OH is 1. The lowest BCUT2D eigenvalue weighted by Gasteiger charge is -2.16. The van der Waals surface area contributed by atoms with Gasteiger partial charge in [-0.1, -0.05) is 0 Å². The van der Waals surface area contributed by atoms with E-state index in [1.807, 2.05) is 27.7 Å². The van der Waals surface area contributed by atoms with Crippen LogP contribution in [-0.4, -0.2) is 55.0 Å². The van der Waals surface area contributed by atoms with Crippen LogP contribution in [0.25, 0.3) is 0 Å². The molecule has 2 rings (SSSR count). The van der Waals surface area contributed by atoms with Crippen LogP contribution in [0, 0.1) is 0 Å². The summed E-state index contributed by atoms with van der Waals surface area (Å²) in [5.74, 6) is -0.937. The average Bonchev–Trinajstić information content (AvgIpc) is 2.84. The molecule has 0 aromatic heterocycles. The van der Waals surface area contributed by atoms with Gasteiger partial charge in [0.2, 0.25) is 0 Å². The van der Waals surface area contributed by atoms with Gasteiger partial charge in [-0.25, -0.2) is 0 Å². The maximum Gasteiger partial charge on any atom is 0.163 e. The zero-order valence-electron chi connectivity index (χ0n) is 12.8. The van der Waals surface area contributed by atoms with E-state index in [-0.39, 0.29) is 18.8 Å². The first-order chi connectivity index (χ1) is 9.28. The van der Waals surface area contributed by atoms with Crippen LogP contribution in [-0.2, 0) is 23.7 Å². The highest BCUT2D eigenvalue weighted by Crippen LogP contribution is 2.24. The van der Waals surface area contributed by atoms with Gasteiger partial charge in [0.05, 0.1) is 25.4 Å². The number of hydrogen-bond acceptors (Lipinski definition) is 6. The molecule has 20 heavy (non-hydrogen) atoms. The van der Waals surface area contributed by atoms with Crippen molar-refractivity contribution >= 4 is 6.29 Å². The van der Waals surface area contributed by atoms with Crippen molar-refractivity contribution < 1.29 is 28.8 Å². The Hall–Kier alpha value is -0.530. The molecule has 0 saturated carbocycles. The van der Waals surface area contributed by atoms with Gasteiger partial charge in [0.25, 0.3) is 0 Å². The summed E-state index contributed by atoms with van der Waals surface area (Å²) in [6.45, 7) is 8.76. The van der Waals surface area contributed by atoms with Gasteiger partial charge in [-0.05, 0) is 34.1 Å². The largest absolute Gasteiger partial charge is 0.396 e. The van der Waals surface area contributed by atoms with E-state index in [4.69, 9.17) is 24.1 Å². The first-order valence-electron chi connectivity index (χ1n) is 6.96. The maximum atomic E-state index is 10.0. The molecule has 2 heterocycles. The molecule has 6 nitrogen and oxygen atoms in total. The Bertz CT molecular complexity index is 302. The lowest BCUT2D eigenvalue weighted by atomic mass is 10.3. The van der Waals surface area contributed by atoms with Gasteiger partial charge in [-0.3, -0.25) is 0 Å². The fourth-order valence-electron chi connectivity index (χ4n) is 2.04. The third-order valence-electron chi connectivity index (χ3n) is 2.94. The van der Waals surface area contributed by atoms with Crippen LogP contribution in [0.1, 0.15) is 40.5 Å². The summed E-state index contributed by atoms with van der Waals surface area (Å²) in [4.78, 5) is 10.0. The second kappa shape index (κ2) is 7.47. The highest BCUT2D eigenvalue weighted by molar-refractivity contribution is 5.50. The Morgan fingerprint density at radius 2 is 1.55 bits per heavy atom. The third-order valence-corrected chi connectivity index (χ3v) is 2.94. The topological polar surface area (TPSA) is 74.2 Å². The summed E-state index contributed by atoms with van der Waals surface area (Å²) >= 11 is 0. The van der Waals surface area contributed by atoms with Crippen LogP contribution in [0.15, 0.2) is 0 Å². The smallest absolute Gasteiger partial charge is 0.163 e. The van der Waals surface area contributed by atoms with Gasteiger partial charge in [0.1, 0.15) is 6.29 Å². The molecule has 0 aromatic rings.